The van der Waals surface area contributed by atoms with Crippen molar-refractivity contribution in [1.29, 1.82) is 0 Å². The van der Waals surface area contributed by atoms with E-state index in [4.69, 9.17) is 11.6 Å². The van der Waals surface area contributed by atoms with Gasteiger partial charge in [0.05, 0.1) is 27.3 Å². The minimum absolute atomic E-state index is 0.0367. The number of halogens is 4. The van der Waals surface area contributed by atoms with Crippen molar-refractivity contribution in [2.45, 2.75) is 32.4 Å². The zero-order chi connectivity index (χ0) is 21.7. The first kappa shape index (κ1) is 20.4. The summed E-state index contributed by atoms with van der Waals surface area (Å²) in [6.07, 6.45) is -3.69. The molecule has 0 aliphatic carbocycles. The lowest BCUT2D eigenvalue weighted by molar-refractivity contribution is -0.137. The summed E-state index contributed by atoms with van der Waals surface area (Å²) in [6, 6.07) is 14.3. The Morgan fingerprint density at radius 1 is 0.867 bits per heavy atom. The molecule has 2 aromatic carbocycles. The highest BCUT2D eigenvalue weighted by atomic mass is 35.5. The molecule has 4 rings (SSSR count). The fraction of sp³-hybridized carbons (Fsp3) is 0.217. The Labute approximate surface area is 177 Å². The maximum absolute atomic E-state index is 12.8. The predicted molar refractivity (Wildman–Crippen MR) is 113 cm³/mol. The van der Waals surface area contributed by atoms with Crippen molar-refractivity contribution < 1.29 is 13.2 Å². The van der Waals surface area contributed by atoms with Gasteiger partial charge in [0.25, 0.3) is 0 Å². The van der Waals surface area contributed by atoms with E-state index in [0.717, 1.165) is 28.9 Å². The molecule has 0 fully saturated rings. The number of hydrogen-bond donors (Lipinski definition) is 1. The lowest BCUT2D eigenvalue weighted by Crippen LogP contribution is -2.10. The number of nitrogens with one attached hydrogen (secondary N) is 1. The number of rotatable bonds is 2. The zero-order valence-electron chi connectivity index (χ0n) is 16.6. The fourth-order valence-electron chi connectivity index (χ4n) is 3.20. The van der Waals surface area contributed by atoms with Gasteiger partial charge < -0.3 is 4.98 Å². The molecular formula is C23H19ClF3N3. The van der Waals surface area contributed by atoms with Gasteiger partial charge in [0, 0.05) is 17.3 Å². The molecule has 7 heteroatoms. The average molecular weight is 430 g/mol. The summed E-state index contributed by atoms with van der Waals surface area (Å²) in [5, 5.41) is -0.0454. The number of alkyl halides is 3. The third kappa shape index (κ3) is 3.92. The Morgan fingerprint density at radius 3 is 2.13 bits per heavy atom. The number of aromatic amines is 1. The molecule has 0 atom stereocenters. The standard InChI is InChI=1S/C23H19ClF3N3/c1-22(2,3)15-8-9-18-19(11-15)30-21(29-18)14-6-4-13(5-7-14)20-17(24)10-16(12-28-20)23(25,26)27/h4-12H,1-3H3,(H,29,30). The molecule has 0 aliphatic heterocycles. The van der Waals surface area contributed by atoms with Gasteiger partial charge in [-0.25, -0.2) is 4.98 Å². The molecule has 2 aromatic heterocycles. The molecule has 3 nitrogen and oxygen atoms in total. The second-order valence-corrected chi connectivity index (χ2v) is 8.60. The lowest BCUT2D eigenvalue weighted by atomic mass is 9.87. The first-order valence-corrected chi connectivity index (χ1v) is 9.74. The van der Waals surface area contributed by atoms with Crippen LogP contribution in [0.25, 0.3) is 33.7 Å². The van der Waals surface area contributed by atoms with Gasteiger partial charge in [-0.3, -0.25) is 4.98 Å². The highest BCUT2D eigenvalue weighted by Crippen LogP contribution is 2.34. The van der Waals surface area contributed by atoms with Crippen LogP contribution < -0.4 is 0 Å². The van der Waals surface area contributed by atoms with Crippen LogP contribution in [0.4, 0.5) is 13.2 Å². The van der Waals surface area contributed by atoms with E-state index in [1.54, 1.807) is 12.1 Å². The van der Waals surface area contributed by atoms with E-state index in [1.165, 1.54) is 5.56 Å². The van der Waals surface area contributed by atoms with Gasteiger partial charge in [-0.2, -0.15) is 13.2 Å². The number of nitrogens with zero attached hydrogens (tertiary/aromatic N) is 2. The number of pyridine rings is 1. The summed E-state index contributed by atoms with van der Waals surface area (Å²) in [4.78, 5) is 11.9. The van der Waals surface area contributed by atoms with Gasteiger partial charge in [0.15, 0.2) is 0 Å². The number of H-pyrrole nitrogens is 1. The Balaban J connectivity index is 1.65. The quantitative estimate of drug-likeness (QED) is 0.364. The number of hydrogen-bond acceptors (Lipinski definition) is 2. The molecule has 0 unspecified atom stereocenters. The fourth-order valence-corrected chi connectivity index (χ4v) is 3.48. The maximum atomic E-state index is 12.8. The lowest BCUT2D eigenvalue weighted by Gasteiger charge is -2.18. The largest absolute Gasteiger partial charge is 0.417 e. The van der Waals surface area contributed by atoms with Crippen molar-refractivity contribution in [3.63, 3.8) is 0 Å². The van der Waals surface area contributed by atoms with E-state index in [2.05, 4.69) is 47.9 Å². The summed E-state index contributed by atoms with van der Waals surface area (Å²) in [5.41, 5.74) is 3.99. The second kappa shape index (κ2) is 7.13. The molecule has 2 heterocycles. The normalized spacial score (nSPS) is 12.5. The predicted octanol–water partition coefficient (Wildman–Crippen LogP) is 7.26. The Morgan fingerprint density at radius 2 is 1.53 bits per heavy atom. The number of imidazole rings is 1. The van der Waals surface area contributed by atoms with Crippen LogP contribution >= 0.6 is 11.6 Å². The second-order valence-electron chi connectivity index (χ2n) is 8.20. The Bertz CT molecular complexity index is 1220. The first-order chi connectivity index (χ1) is 14.0. The van der Waals surface area contributed by atoms with E-state index < -0.39 is 11.7 Å². The van der Waals surface area contributed by atoms with Crippen LogP contribution in [0.3, 0.4) is 0 Å². The molecule has 0 saturated heterocycles. The molecule has 30 heavy (non-hydrogen) atoms. The first-order valence-electron chi connectivity index (χ1n) is 9.36. The van der Waals surface area contributed by atoms with Crippen LogP contribution in [-0.4, -0.2) is 15.0 Å². The van der Waals surface area contributed by atoms with Crippen LogP contribution in [0.2, 0.25) is 5.02 Å². The monoisotopic (exact) mass is 429 g/mol. The molecule has 154 valence electrons. The topological polar surface area (TPSA) is 41.6 Å². The molecule has 0 aliphatic rings. The maximum Gasteiger partial charge on any atom is 0.417 e. The van der Waals surface area contributed by atoms with Gasteiger partial charge in [0.2, 0.25) is 0 Å². The summed E-state index contributed by atoms with van der Waals surface area (Å²) in [7, 11) is 0. The molecule has 0 amide bonds. The molecule has 0 spiro atoms. The summed E-state index contributed by atoms with van der Waals surface area (Å²) >= 11 is 6.05. The highest BCUT2D eigenvalue weighted by molar-refractivity contribution is 6.33. The number of fused-ring (bicyclic) bond motifs is 1. The zero-order valence-corrected chi connectivity index (χ0v) is 17.4. The van der Waals surface area contributed by atoms with Crippen molar-refractivity contribution in [2.75, 3.05) is 0 Å². The van der Waals surface area contributed by atoms with Crippen molar-refractivity contribution in [3.05, 3.63) is 70.9 Å². The van der Waals surface area contributed by atoms with Crippen molar-refractivity contribution in [3.8, 4) is 22.6 Å². The smallest absolute Gasteiger partial charge is 0.338 e. The summed E-state index contributed by atoms with van der Waals surface area (Å²) < 4.78 is 38.4. The van der Waals surface area contributed by atoms with Gasteiger partial charge in [-0.1, -0.05) is 62.7 Å². The third-order valence-corrected chi connectivity index (χ3v) is 5.24. The molecule has 0 saturated carbocycles. The van der Waals surface area contributed by atoms with E-state index in [9.17, 15) is 13.2 Å². The van der Waals surface area contributed by atoms with Crippen LogP contribution in [0.15, 0.2) is 54.7 Å². The van der Waals surface area contributed by atoms with Gasteiger partial charge in [-0.05, 0) is 29.2 Å². The minimum Gasteiger partial charge on any atom is -0.338 e. The van der Waals surface area contributed by atoms with Crippen LogP contribution in [0, 0.1) is 0 Å². The average Bonchev–Trinajstić information content (AvgIpc) is 3.10. The Hall–Kier alpha value is -2.86. The van der Waals surface area contributed by atoms with Gasteiger partial charge in [-0.15, -0.1) is 0 Å². The Kier molecular flexibility index (Phi) is 4.85. The molecule has 0 radical (unpaired) electrons. The van der Waals surface area contributed by atoms with E-state index in [1.807, 2.05) is 18.2 Å². The molecule has 1 N–H and O–H groups in total. The van der Waals surface area contributed by atoms with E-state index >= 15 is 0 Å². The van der Waals surface area contributed by atoms with E-state index in [-0.39, 0.29) is 10.4 Å². The molecule has 0 bridgehead atoms. The van der Waals surface area contributed by atoms with Gasteiger partial charge in [0.1, 0.15) is 5.82 Å². The van der Waals surface area contributed by atoms with Crippen molar-refractivity contribution in [1.82, 2.24) is 15.0 Å². The van der Waals surface area contributed by atoms with Crippen LogP contribution in [-0.2, 0) is 11.6 Å². The molecule has 4 aromatic rings. The third-order valence-electron chi connectivity index (χ3n) is 4.95. The minimum atomic E-state index is -4.48. The van der Waals surface area contributed by atoms with Crippen LogP contribution in [0.5, 0.6) is 0 Å². The van der Waals surface area contributed by atoms with Crippen LogP contribution in [0.1, 0.15) is 31.9 Å². The van der Waals surface area contributed by atoms with Crippen molar-refractivity contribution >= 4 is 22.6 Å². The number of benzene rings is 2. The summed E-state index contributed by atoms with van der Waals surface area (Å²) in [5.74, 6) is 0.717. The van der Waals surface area contributed by atoms with Gasteiger partial charge >= 0.3 is 6.18 Å². The SMILES string of the molecule is CC(C)(C)c1ccc2nc(-c3ccc(-c4ncc(C(F)(F)F)cc4Cl)cc3)[nH]c2c1. The number of aromatic nitrogens is 3. The van der Waals surface area contributed by atoms with E-state index in [0.29, 0.717) is 17.1 Å². The van der Waals surface area contributed by atoms with Crippen molar-refractivity contribution in [2.24, 2.45) is 0 Å². The molecular weight excluding hydrogens is 411 g/mol. The highest BCUT2D eigenvalue weighted by Gasteiger charge is 2.31. The summed E-state index contributed by atoms with van der Waals surface area (Å²) in [6.45, 7) is 6.47.